The number of carbonyl (C=O) groups excluding carboxylic acids is 1. The number of benzene rings is 2. The summed E-state index contributed by atoms with van der Waals surface area (Å²) < 4.78 is 24.5. The number of phenols is 1. The lowest BCUT2D eigenvalue weighted by Crippen LogP contribution is -2.30. The minimum Gasteiger partial charge on any atom is -0.508 e. The standard InChI is InChI=1S/C22H24FNO6/c1-2-29-22(28)20-19-14(7-8-24-11-17(27)12-25)9-16(26)10-18(19)30-21(20)13-3-5-15(23)6-4-13/h3-6,9-10,17,24-27H,2,7-8,11-12H2,1H3. The Morgan fingerprint density at radius 3 is 2.67 bits per heavy atom. The predicted octanol–water partition coefficient (Wildman–Crippen LogP) is 2.61. The van der Waals surface area contributed by atoms with Gasteiger partial charge < -0.3 is 29.8 Å². The monoisotopic (exact) mass is 417 g/mol. The molecular weight excluding hydrogens is 393 g/mol. The number of ether oxygens (including phenoxy) is 1. The van der Waals surface area contributed by atoms with Gasteiger partial charge in [0.1, 0.15) is 28.5 Å². The van der Waals surface area contributed by atoms with Gasteiger partial charge in [-0.15, -0.1) is 0 Å². The van der Waals surface area contributed by atoms with Crippen LogP contribution < -0.4 is 5.32 Å². The van der Waals surface area contributed by atoms with Gasteiger partial charge in [0.25, 0.3) is 0 Å². The van der Waals surface area contributed by atoms with Crippen LogP contribution >= 0.6 is 0 Å². The van der Waals surface area contributed by atoms with E-state index in [-0.39, 0.29) is 36.8 Å². The third-order valence-corrected chi connectivity index (χ3v) is 4.61. The first kappa shape index (κ1) is 21.8. The Bertz CT molecular complexity index is 1010. The average Bonchev–Trinajstić information content (AvgIpc) is 3.11. The molecule has 2 aromatic carbocycles. The summed E-state index contributed by atoms with van der Waals surface area (Å²) in [6, 6.07) is 8.51. The van der Waals surface area contributed by atoms with Crippen LogP contribution in [0, 0.1) is 5.82 Å². The Hall–Kier alpha value is -2.94. The molecule has 0 bridgehead atoms. The summed E-state index contributed by atoms with van der Waals surface area (Å²) in [5, 5.41) is 32.0. The van der Waals surface area contributed by atoms with Crippen LogP contribution in [0.1, 0.15) is 22.8 Å². The van der Waals surface area contributed by atoms with Crippen molar-refractivity contribution in [3.8, 4) is 17.1 Å². The highest BCUT2D eigenvalue weighted by molar-refractivity contribution is 6.10. The maximum atomic E-state index is 13.4. The number of phenolic OH excluding ortho intramolecular Hbond substituents is 1. The Morgan fingerprint density at radius 2 is 2.00 bits per heavy atom. The molecule has 0 aliphatic rings. The van der Waals surface area contributed by atoms with E-state index in [0.29, 0.717) is 35.1 Å². The van der Waals surface area contributed by atoms with Gasteiger partial charge in [0.2, 0.25) is 0 Å². The molecule has 0 aliphatic heterocycles. The van der Waals surface area contributed by atoms with Crippen molar-refractivity contribution < 1.29 is 33.7 Å². The summed E-state index contributed by atoms with van der Waals surface area (Å²) in [6.45, 7) is 2.15. The quantitative estimate of drug-likeness (QED) is 0.313. The normalized spacial score (nSPS) is 12.3. The van der Waals surface area contributed by atoms with Gasteiger partial charge in [-0.1, -0.05) is 0 Å². The summed E-state index contributed by atoms with van der Waals surface area (Å²) in [5.41, 5.74) is 1.67. The molecule has 0 amide bonds. The zero-order chi connectivity index (χ0) is 21.7. The fourth-order valence-electron chi connectivity index (χ4n) is 3.25. The molecule has 0 radical (unpaired) electrons. The summed E-state index contributed by atoms with van der Waals surface area (Å²) in [7, 11) is 0. The van der Waals surface area contributed by atoms with Crippen LogP contribution in [0.15, 0.2) is 40.8 Å². The summed E-state index contributed by atoms with van der Waals surface area (Å²) in [5.74, 6) is -0.783. The molecule has 0 saturated carbocycles. The highest BCUT2D eigenvalue weighted by Gasteiger charge is 2.26. The van der Waals surface area contributed by atoms with Crippen molar-refractivity contribution in [2.45, 2.75) is 19.4 Å². The minimum absolute atomic E-state index is 0.0253. The Labute approximate surface area is 172 Å². The van der Waals surface area contributed by atoms with Gasteiger partial charge in [-0.3, -0.25) is 0 Å². The van der Waals surface area contributed by atoms with E-state index in [1.54, 1.807) is 13.0 Å². The number of hydrogen-bond acceptors (Lipinski definition) is 7. The number of rotatable bonds is 9. The number of halogens is 1. The van der Waals surface area contributed by atoms with Gasteiger partial charge in [0, 0.05) is 23.6 Å². The molecule has 1 heterocycles. The highest BCUT2D eigenvalue weighted by atomic mass is 19.1. The summed E-state index contributed by atoms with van der Waals surface area (Å²) in [4.78, 5) is 12.8. The number of nitrogens with one attached hydrogen (secondary N) is 1. The third kappa shape index (κ3) is 4.79. The predicted molar refractivity (Wildman–Crippen MR) is 109 cm³/mol. The molecule has 4 N–H and O–H groups in total. The molecule has 1 atom stereocenters. The van der Waals surface area contributed by atoms with Crippen LogP contribution in [0.25, 0.3) is 22.3 Å². The second-order valence-corrected chi connectivity index (χ2v) is 6.80. The lowest BCUT2D eigenvalue weighted by molar-refractivity contribution is 0.0528. The largest absolute Gasteiger partial charge is 0.508 e. The van der Waals surface area contributed by atoms with Crippen LogP contribution in [-0.2, 0) is 11.2 Å². The molecule has 0 fully saturated rings. The maximum absolute atomic E-state index is 13.4. The first-order valence-corrected chi connectivity index (χ1v) is 9.65. The van der Waals surface area contributed by atoms with Crippen LogP contribution in [0.4, 0.5) is 4.39 Å². The molecule has 7 nitrogen and oxygen atoms in total. The molecule has 1 aromatic heterocycles. The third-order valence-electron chi connectivity index (χ3n) is 4.61. The van der Waals surface area contributed by atoms with E-state index in [1.165, 1.54) is 30.3 Å². The molecule has 0 saturated heterocycles. The molecule has 3 aromatic rings. The van der Waals surface area contributed by atoms with Crippen LogP contribution in [-0.4, -0.2) is 53.7 Å². The first-order chi connectivity index (χ1) is 14.4. The van der Waals surface area contributed by atoms with Gasteiger partial charge in [0.05, 0.1) is 19.3 Å². The number of esters is 1. The van der Waals surface area contributed by atoms with Crippen LogP contribution in [0.2, 0.25) is 0 Å². The number of aliphatic hydroxyl groups excluding tert-OH is 2. The zero-order valence-corrected chi connectivity index (χ0v) is 16.5. The summed E-state index contributed by atoms with van der Waals surface area (Å²) in [6.07, 6.45) is -0.457. The molecule has 3 rings (SSSR count). The molecule has 1 unspecified atom stereocenters. The van der Waals surface area contributed by atoms with Crippen molar-refractivity contribution >= 4 is 16.9 Å². The molecular formula is C22H24FNO6. The highest BCUT2D eigenvalue weighted by Crippen LogP contribution is 2.38. The van der Waals surface area contributed by atoms with Crippen LogP contribution in [0.3, 0.4) is 0 Å². The van der Waals surface area contributed by atoms with Gasteiger partial charge in [-0.05, 0) is 55.8 Å². The van der Waals surface area contributed by atoms with Gasteiger partial charge >= 0.3 is 5.97 Å². The summed E-state index contributed by atoms with van der Waals surface area (Å²) >= 11 is 0. The van der Waals surface area contributed by atoms with Gasteiger partial charge in [-0.2, -0.15) is 0 Å². The van der Waals surface area contributed by atoms with E-state index in [2.05, 4.69) is 5.32 Å². The van der Waals surface area contributed by atoms with E-state index in [1.807, 2.05) is 0 Å². The number of furan rings is 1. The molecule has 30 heavy (non-hydrogen) atoms. The van der Waals surface area contributed by atoms with E-state index >= 15 is 0 Å². The number of hydrogen-bond donors (Lipinski definition) is 4. The number of carbonyl (C=O) groups is 1. The average molecular weight is 417 g/mol. The lowest BCUT2D eigenvalue weighted by atomic mass is 9.99. The Kier molecular flexibility index (Phi) is 7.04. The lowest BCUT2D eigenvalue weighted by Gasteiger charge is -2.10. The second-order valence-electron chi connectivity index (χ2n) is 6.80. The van der Waals surface area contributed by atoms with Crippen molar-refractivity contribution in [1.29, 1.82) is 0 Å². The zero-order valence-electron chi connectivity index (χ0n) is 16.5. The minimum atomic E-state index is -0.872. The SMILES string of the molecule is CCOC(=O)c1c(-c2ccc(F)cc2)oc2cc(O)cc(CCNCC(O)CO)c12. The molecule has 0 spiro atoms. The van der Waals surface area contributed by atoms with Crippen molar-refractivity contribution in [3.63, 3.8) is 0 Å². The fourth-order valence-corrected chi connectivity index (χ4v) is 3.25. The van der Waals surface area contributed by atoms with Gasteiger partial charge in [0.15, 0.2) is 0 Å². The van der Waals surface area contributed by atoms with Crippen molar-refractivity contribution in [2.24, 2.45) is 0 Å². The second kappa shape index (κ2) is 9.71. The van der Waals surface area contributed by atoms with E-state index in [4.69, 9.17) is 14.3 Å². The molecule has 8 heteroatoms. The smallest absolute Gasteiger partial charge is 0.342 e. The van der Waals surface area contributed by atoms with Crippen molar-refractivity contribution in [3.05, 3.63) is 53.3 Å². The molecule has 0 aliphatic carbocycles. The number of fused-ring (bicyclic) bond motifs is 1. The Morgan fingerprint density at radius 1 is 1.27 bits per heavy atom. The van der Waals surface area contributed by atoms with E-state index < -0.39 is 17.9 Å². The van der Waals surface area contributed by atoms with Gasteiger partial charge in [-0.25, -0.2) is 9.18 Å². The number of aromatic hydroxyl groups is 1. The molecule has 160 valence electrons. The maximum Gasteiger partial charge on any atom is 0.342 e. The topological polar surface area (TPSA) is 112 Å². The Balaban J connectivity index is 2.06. The van der Waals surface area contributed by atoms with Crippen molar-refractivity contribution in [2.75, 3.05) is 26.3 Å². The number of aliphatic hydroxyl groups is 2. The van der Waals surface area contributed by atoms with Crippen molar-refractivity contribution in [1.82, 2.24) is 5.32 Å². The fraction of sp³-hybridized carbons (Fsp3) is 0.318. The van der Waals surface area contributed by atoms with E-state index in [9.17, 15) is 19.4 Å². The van der Waals surface area contributed by atoms with Crippen LogP contribution in [0.5, 0.6) is 5.75 Å². The van der Waals surface area contributed by atoms with E-state index in [0.717, 1.165) is 0 Å². The first-order valence-electron chi connectivity index (χ1n) is 9.65.